The summed E-state index contributed by atoms with van der Waals surface area (Å²) in [4.78, 5) is 43.2. The third-order valence-electron chi connectivity index (χ3n) is 5.00. The van der Waals surface area contributed by atoms with E-state index in [2.05, 4.69) is 5.10 Å². The highest BCUT2D eigenvalue weighted by Gasteiger charge is 2.41. The van der Waals surface area contributed by atoms with Crippen molar-refractivity contribution in [1.82, 2.24) is 24.5 Å². The molecule has 3 amide bonds. The van der Waals surface area contributed by atoms with Gasteiger partial charge < -0.3 is 14.7 Å². The van der Waals surface area contributed by atoms with Crippen LogP contribution in [-0.4, -0.2) is 81.0 Å². The van der Waals surface area contributed by atoms with Gasteiger partial charge in [-0.25, -0.2) is 0 Å². The smallest absolute Gasteiger partial charge is 0.272 e. The third-order valence-corrected chi connectivity index (χ3v) is 5.00. The van der Waals surface area contributed by atoms with E-state index in [0.29, 0.717) is 44.2 Å². The van der Waals surface area contributed by atoms with Crippen LogP contribution in [0.2, 0.25) is 0 Å². The summed E-state index contributed by atoms with van der Waals surface area (Å²) in [6.07, 6.45) is 0.474. The second kappa shape index (κ2) is 7.09. The van der Waals surface area contributed by atoms with E-state index in [0.717, 1.165) is 5.69 Å². The molecule has 0 bridgehead atoms. The Morgan fingerprint density at radius 3 is 2.62 bits per heavy atom. The quantitative estimate of drug-likeness (QED) is 0.774. The maximum Gasteiger partial charge on any atom is 0.272 e. The number of carbonyl (C=O) groups is 3. The van der Waals surface area contributed by atoms with Crippen molar-refractivity contribution in [2.45, 2.75) is 33.2 Å². The van der Waals surface area contributed by atoms with Crippen LogP contribution in [0.15, 0.2) is 6.07 Å². The molecule has 142 valence electrons. The van der Waals surface area contributed by atoms with Gasteiger partial charge in [-0.2, -0.15) is 5.10 Å². The summed E-state index contributed by atoms with van der Waals surface area (Å²) in [5, 5.41) is 4.23. The fraction of sp³-hybridized carbons (Fsp3) is 0.667. The van der Waals surface area contributed by atoms with Gasteiger partial charge in [-0.3, -0.25) is 19.1 Å². The zero-order chi connectivity index (χ0) is 19.0. The Morgan fingerprint density at radius 1 is 1.27 bits per heavy atom. The van der Waals surface area contributed by atoms with Crippen LogP contribution in [0.25, 0.3) is 0 Å². The normalized spacial score (nSPS) is 21.3. The maximum absolute atomic E-state index is 12.8. The monoisotopic (exact) mass is 361 g/mol. The van der Waals surface area contributed by atoms with Gasteiger partial charge in [0.1, 0.15) is 11.7 Å². The van der Waals surface area contributed by atoms with Crippen LogP contribution in [0.5, 0.6) is 0 Å². The minimum Gasteiger partial charge on any atom is -0.335 e. The Bertz CT molecular complexity index is 726. The van der Waals surface area contributed by atoms with Gasteiger partial charge in [-0.15, -0.1) is 0 Å². The first-order valence-electron chi connectivity index (χ1n) is 9.16. The van der Waals surface area contributed by atoms with Crippen LogP contribution < -0.4 is 0 Å². The fourth-order valence-electron chi connectivity index (χ4n) is 3.80. The molecular formula is C18H27N5O3. The van der Waals surface area contributed by atoms with Crippen LogP contribution in [0, 0.1) is 12.8 Å². The summed E-state index contributed by atoms with van der Waals surface area (Å²) in [5.74, 6) is 0.187. The van der Waals surface area contributed by atoms with Gasteiger partial charge in [0, 0.05) is 33.2 Å². The van der Waals surface area contributed by atoms with Crippen LogP contribution >= 0.6 is 0 Å². The van der Waals surface area contributed by atoms with Gasteiger partial charge in [0.25, 0.3) is 5.91 Å². The molecule has 0 spiro atoms. The second-order valence-corrected chi connectivity index (χ2v) is 7.59. The first-order valence-corrected chi connectivity index (χ1v) is 9.16. The van der Waals surface area contributed by atoms with E-state index in [9.17, 15) is 14.4 Å². The van der Waals surface area contributed by atoms with E-state index in [1.54, 1.807) is 32.5 Å². The average molecular weight is 361 g/mol. The molecular weight excluding hydrogens is 334 g/mol. The first-order chi connectivity index (χ1) is 12.3. The van der Waals surface area contributed by atoms with Crippen molar-refractivity contribution in [1.29, 1.82) is 0 Å². The van der Waals surface area contributed by atoms with Crippen molar-refractivity contribution in [3.05, 3.63) is 17.5 Å². The first kappa shape index (κ1) is 18.4. The van der Waals surface area contributed by atoms with E-state index in [-0.39, 0.29) is 24.3 Å². The highest BCUT2D eigenvalue weighted by Crippen LogP contribution is 2.21. The van der Waals surface area contributed by atoms with Crippen molar-refractivity contribution >= 4 is 17.7 Å². The average Bonchev–Trinajstić information content (AvgIpc) is 2.78. The molecule has 0 aromatic carbocycles. The Kier molecular flexibility index (Phi) is 5.02. The Morgan fingerprint density at radius 2 is 2.00 bits per heavy atom. The van der Waals surface area contributed by atoms with Gasteiger partial charge in [0.05, 0.1) is 12.2 Å². The molecule has 0 radical (unpaired) electrons. The van der Waals surface area contributed by atoms with Crippen molar-refractivity contribution < 1.29 is 14.4 Å². The molecule has 0 N–H and O–H groups in total. The number of piperazine rings is 1. The van der Waals surface area contributed by atoms with Crippen LogP contribution in [0.1, 0.15) is 36.5 Å². The summed E-state index contributed by atoms with van der Waals surface area (Å²) < 4.78 is 1.58. The van der Waals surface area contributed by atoms with Crippen molar-refractivity contribution in [3.63, 3.8) is 0 Å². The van der Waals surface area contributed by atoms with Crippen molar-refractivity contribution in [3.8, 4) is 0 Å². The molecule has 3 heterocycles. The Hall–Kier alpha value is -2.38. The Balaban J connectivity index is 1.75. The number of hydrogen-bond donors (Lipinski definition) is 0. The third kappa shape index (κ3) is 3.45. The number of nitrogens with zero attached hydrogens (tertiary/aromatic N) is 5. The van der Waals surface area contributed by atoms with E-state index in [1.807, 2.05) is 20.8 Å². The SMILES string of the molecule is Cc1cc(C(=O)N2CCC3C(=O)N(CC(C)C)CC(=O)N3CC2)n(C)n1. The van der Waals surface area contributed by atoms with E-state index in [4.69, 9.17) is 0 Å². The minimum absolute atomic E-state index is 0.00368. The molecule has 8 nitrogen and oxygen atoms in total. The number of fused-ring (bicyclic) bond motifs is 1. The highest BCUT2D eigenvalue weighted by atomic mass is 16.2. The van der Waals surface area contributed by atoms with Crippen LogP contribution in [0.4, 0.5) is 0 Å². The molecule has 2 saturated heterocycles. The molecule has 2 aliphatic rings. The lowest BCUT2D eigenvalue weighted by atomic mass is 10.1. The number of aryl methyl sites for hydroxylation is 2. The largest absolute Gasteiger partial charge is 0.335 e. The van der Waals surface area contributed by atoms with Gasteiger partial charge in [0.15, 0.2) is 0 Å². The lowest BCUT2D eigenvalue weighted by Gasteiger charge is -2.39. The summed E-state index contributed by atoms with van der Waals surface area (Å²) >= 11 is 0. The molecule has 1 aromatic rings. The number of aromatic nitrogens is 2. The molecule has 0 saturated carbocycles. The molecule has 1 aromatic heterocycles. The van der Waals surface area contributed by atoms with Crippen molar-refractivity contribution in [2.24, 2.45) is 13.0 Å². The lowest BCUT2D eigenvalue weighted by molar-refractivity contribution is -0.156. The maximum atomic E-state index is 12.8. The van der Waals surface area contributed by atoms with Gasteiger partial charge in [0.2, 0.25) is 11.8 Å². The summed E-state index contributed by atoms with van der Waals surface area (Å²) in [5.41, 5.74) is 1.32. The van der Waals surface area contributed by atoms with Gasteiger partial charge >= 0.3 is 0 Å². The predicted molar refractivity (Wildman–Crippen MR) is 95.4 cm³/mol. The lowest BCUT2D eigenvalue weighted by Crippen LogP contribution is -2.60. The Labute approximate surface area is 153 Å². The predicted octanol–water partition coefficient (Wildman–Crippen LogP) is 0.270. The summed E-state index contributed by atoms with van der Waals surface area (Å²) in [6, 6.07) is 1.31. The zero-order valence-corrected chi connectivity index (χ0v) is 15.9. The second-order valence-electron chi connectivity index (χ2n) is 7.59. The van der Waals surface area contributed by atoms with E-state index in [1.165, 1.54) is 0 Å². The number of carbonyl (C=O) groups excluding carboxylic acids is 3. The fourth-order valence-corrected chi connectivity index (χ4v) is 3.80. The standard InChI is InChI=1S/C18H27N5O3/c1-12(2)10-22-11-16(24)23-8-7-21(6-5-14(23)17(22)25)18(26)15-9-13(3)19-20(15)4/h9,12,14H,5-8,10-11H2,1-4H3. The molecule has 1 atom stereocenters. The topological polar surface area (TPSA) is 78.8 Å². The number of amides is 3. The van der Waals surface area contributed by atoms with Crippen molar-refractivity contribution in [2.75, 3.05) is 32.7 Å². The molecule has 2 aliphatic heterocycles. The molecule has 1 unspecified atom stereocenters. The number of rotatable bonds is 3. The van der Waals surface area contributed by atoms with Crippen LogP contribution in [-0.2, 0) is 16.6 Å². The zero-order valence-electron chi connectivity index (χ0n) is 15.9. The molecule has 3 rings (SSSR count). The van der Waals surface area contributed by atoms with E-state index < -0.39 is 6.04 Å². The molecule has 0 aliphatic carbocycles. The molecule has 8 heteroatoms. The molecule has 26 heavy (non-hydrogen) atoms. The van der Waals surface area contributed by atoms with E-state index >= 15 is 0 Å². The minimum atomic E-state index is -0.457. The summed E-state index contributed by atoms with van der Waals surface area (Å²) in [6.45, 7) is 7.93. The number of hydrogen-bond acceptors (Lipinski definition) is 4. The molecule has 2 fully saturated rings. The van der Waals surface area contributed by atoms with Gasteiger partial charge in [-0.05, 0) is 25.3 Å². The van der Waals surface area contributed by atoms with Crippen LogP contribution in [0.3, 0.4) is 0 Å². The van der Waals surface area contributed by atoms with Gasteiger partial charge in [-0.1, -0.05) is 13.8 Å². The summed E-state index contributed by atoms with van der Waals surface area (Å²) in [7, 11) is 1.75. The highest BCUT2D eigenvalue weighted by molar-refractivity contribution is 5.96.